The van der Waals surface area contributed by atoms with E-state index in [1.54, 1.807) is 12.1 Å². The molecule has 0 spiro atoms. The van der Waals surface area contributed by atoms with E-state index in [0.29, 0.717) is 23.1 Å². The fourth-order valence-electron chi connectivity index (χ4n) is 3.30. The quantitative estimate of drug-likeness (QED) is 0.412. The van der Waals surface area contributed by atoms with Crippen LogP contribution >= 0.6 is 23.2 Å². The van der Waals surface area contributed by atoms with Gasteiger partial charge in [-0.3, -0.25) is 4.79 Å². The van der Waals surface area contributed by atoms with Crippen molar-refractivity contribution in [1.29, 1.82) is 0 Å². The zero-order chi connectivity index (χ0) is 21.5. The van der Waals surface area contributed by atoms with E-state index in [1.807, 2.05) is 43.5 Å². The van der Waals surface area contributed by atoms with Crippen molar-refractivity contribution in [2.45, 2.75) is 19.3 Å². The summed E-state index contributed by atoms with van der Waals surface area (Å²) in [5, 5.41) is 10.3. The molecule has 0 fully saturated rings. The maximum atomic E-state index is 12.3. The Morgan fingerprint density at radius 1 is 1.03 bits per heavy atom. The van der Waals surface area contributed by atoms with Crippen LogP contribution in [0.3, 0.4) is 0 Å². The number of urea groups is 1. The Hall–Kier alpha value is -2.70. The summed E-state index contributed by atoms with van der Waals surface area (Å²) in [6.45, 7) is 2.77. The van der Waals surface area contributed by atoms with Gasteiger partial charge in [0.05, 0.1) is 6.54 Å². The minimum absolute atomic E-state index is 0.0781. The normalized spacial score (nSPS) is 11.8. The smallest absolute Gasteiger partial charge is 0.315 e. The van der Waals surface area contributed by atoms with Crippen LogP contribution in [0.15, 0.2) is 48.7 Å². The van der Waals surface area contributed by atoms with Gasteiger partial charge in [-0.2, -0.15) is 0 Å². The summed E-state index contributed by atoms with van der Waals surface area (Å²) in [5.41, 5.74) is 2.86. The molecule has 1 heterocycles. The van der Waals surface area contributed by atoms with Gasteiger partial charge >= 0.3 is 6.03 Å². The van der Waals surface area contributed by atoms with Gasteiger partial charge in [0.2, 0.25) is 5.91 Å². The van der Waals surface area contributed by atoms with E-state index in [4.69, 9.17) is 23.2 Å². The second-order valence-electron chi connectivity index (χ2n) is 6.92. The number of benzene rings is 2. The third-order valence-corrected chi connectivity index (χ3v) is 5.35. The summed E-state index contributed by atoms with van der Waals surface area (Å²) < 4.78 is 0. The number of halogens is 2. The second kappa shape index (κ2) is 10.4. The Balaban J connectivity index is 1.77. The fourth-order valence-corrected chi connectivity index (χ4v) is 3.84. The molecule has 3 amide bonds. The number of carbonyl (C=O) groups excluding carboxylic acids is 2. The van der Waals surface area contributed by atoms with Crippen LogP contribution in [-0.2, 0) is 4.79 Å². The van der Waals surface area contributed by atoms with Crippen molar-refractivity contribution in [2.75, 3.05) is 19.6 Å². The number of aromatic nitrogens is 1. The summed E-state index contributed by atoms with van der Waals surface area (Å²) in [6.07, 6.45) is 2.77. The van der Waals surface area contributed by atoms with Gasteiger partial charge in [0.15, 0.2) is 0 Å². The molecule has 3 aromatic rings. The highest BCUT2D eigenvalue weighted by Gasteiger charge is 2.21. The summed E-state index contributed by atoms with van der Waals surface area (Å²) >= 11 is 12.6. The summed E-state index contributed by atoms with van der Waals surface area (Å²) in [6, 6.07) is 12.9. The molecule has 1 aromatic heterocycles. The number of H-pyrrole nitrogens is 1. The maximum Gasteiger partial charge on any atom is 0.315 e. The molecule has 1 unspecified atom stereocenters. The third-order valence-electron chi connectivity index (χ3n) is 4.78. The molecule has 4 N–H and O–H groups in total. The molecule has 0 saturated carbocycles. The van der Waals surface area contributed by atoms with Crippen molar-refractivity contribution in [3.8, 4) is 0 Å². The first-order chi connectivity index (χ1) is 14.5. The Bertz CT molecular complexity index is 1030. The first kappa shape index (κ1) is 22.0. The lowest BCUT2D eigenvalue weighted by molar-refractivity contribution is -0.120. The lowest BCUT2D eigenvalue weighted by atomic mass is 9.91. The molecule has 0 bridgehead atoms. The molecule has 1 atom stereocenters. The van der Waals surface area contributed by atoms with Gasteiger partial charge in [0.1, 0.15) is 0 Å². The standard InChI is InChI=1S/C22H24Cl2N4O2/c1-2-9-25-21(29)13-28-22(30)27-12-17(15-8-7-14(23)10-19(15)24)18-11-26-20-6-4-3-5-16(18)20/h3-8,10-11,17,26H,2,9,12-13H2,1H3,(H,25,29)(H2,27,28,30). The van der Waals surface area contributed by atoms with E-state index in [1.165, 1.54) is 0 Å². The van der Waals surface area contributed by atoms with Crippen molar-refractivity contribution < 1.29 is 9.59 Å². The number of amides is 3. The summed E-state index contributed by atoms with van der Waals surface area (Å²) in [4.78, 5) is 27.2. The minimum Gasteiger partial charge on any atom is -0.361 e. The Kier molecular flexibility index (Phi) is 7.60. The van der Waals surface area contributed by atoms with Crippen LogP contribution in [0, 0.1) is 0 Å². The Labute approximate surface area is 185 Å². The molecule has 3 rings (SSSR count). The molecule has 6 nitrogen and oxygen atoms in total. The molecule has 0 radical (unpaired) electrons. The van der Waals surface area contributed by atoms with Gasteiger partial charge in [0, 0.05) is 46.2 Å². The van der Waals surface area contributed by atoms with E-state index < -0.39 is 6.03 Å². The highest BCUT2D eigenvalue weighted by atomic mass is 35.5. The molecule has 0 aliphatic rings. The zero-order valence-electron chi connectivity index (χ0n) is 16.6. The van der Waals surface area contributed by atoms with Crippen molar-refractivity contribution in [3.63, 3.8) is 0 Å². The molecule has 158 valence electrons. The maximum absolute atomic E-state index is 12.3. The van der Waals surface area contributed by atoms with Crippen LogP contribution in [0.4, 0.5) is 4.79 Å². The summed E-state index contributed by atoms with van der Waals surface area (Å²) in [7, 11) is 0. The monoisotopic (exact) mass is 446 g/mol. The highest BCUT2D eigenvalue weighted by Crippen LogP contribution is 2.35. The molecule has 0 aliphatic heterocycles. The number of nitrogens with one attached hydrogen (secondary N) is 4. The van der Waals surface area contributed by atoms with Gasteiger partial charge in [-0.15, -0.1) is 0 Å². The van der Waals surface area contributed by atoms with E-state index in [-0.39, 0.29) is 18.4 Å². The number of hydrogen-bond acceptors (Lipinski definition) is 2. The van der Waals surface area contributed by atoms with Gasteiger partial charge in [-0.1, -0.05) is 54.4 Å². The SMILES string of the molecule is CCCNC(=O)CNC(=O)NCC(c1ccc(Cl)cc1Cl)c1c[nH]c2ccccc12. The fraction of sp³-hybridized carbons (Fsp3) is 0.273. The largest absolute Gasteiger partial charge is 0.361 e. The van der Waals surface area contributed by atoms with E-state index >= 15 is 0 Å². The topological polar surface area (TPSA) is 86.0 Å². The third kappa shape index (κ3) is 5.46. The first-order valence-corrected chi connectivity index (χ1v) is 10.5. The van der Waals surface area contributed by atoms with Crippen LogP contribution in [0.1, 0.15) is 30.4 Å². The second-order valence-corrected chi connectivity index (χ2v) is 7.77. The molecular formula is C22H24Cl2N4O2. The van der Waals surface area contributed by atoms with Crippen molar-refractivity contribution in [3.05, 3.63) is 69.8 Å². The van der Waals surface area contributed by atoms with Crippen molar-refractivity contribution in [2.24, 2.45) is 0 Å². The number of aromatic amines is 1. The van der Waals surface area contributed by atoms with Gasteiger partial charge in [0.25, 0.3) is 0 Å². The van der Waals surface area contributed by atoms with E-state index in [9.17, 15) is 9.59 Å². The van der Waals surface area contributed by atoms with Crippen LogP contribution < -0.4 is 16.0 Å². The molecular weight excluding hydrogens is 423 g/mol. The van der Waals surface area contributed by atoms with Crippen LogP contribution in [0.5, 0.6) is 0 Å². The van der Waals surface area contributed by atoms with E-state index in [2.05, 4.69) is 20.9 Å². The predicted octanol–water partition coefficient (Wildman–Crippen LogP) is 4.43. The number of fused-ring (bicyclic) bond motifs is 1. The average molecular weight is 447 g/mol. The highest BCUT2D eigenvalue weighted by molar-refractivity contribution is 6.35. The molecule has 0 aliphatic carbocycles. The summed E-state index contributed by atoms with van der Waals surface area (Å²) in [5.74, 6) is -0.425. The minimum atomic E-state index is -0.420. The Morgan fingerprint density at radius 2 is 1.83 bits per heavy atom. The first-order valence-electron chi connectivity index (χ1n) is 9.79. The molecule has 8 heteroatoms. The molecule has 30 heavy (non-hydrogen) atoms. The number of hydrogen-bond donors (Lipinski definition) is 4. The van der Waals surface area contributed by atoms with Crippen molar-refractivity contribution in [1.82, 2.24) is 20.9 Å². The van der Waals surface area contributed by atoms with Crippen LogP contribution in [0.2, 0.25) is 10.0 Å². The number of rotatable bonds is 8. The van der Waals surface area contributed by atoms with Crippen molar-refractivity contribution >= 4 is 46.0 Å². The molecule has 2 aromatic carbocycles. The zero-order valence-corrected chi connectivity index (χ0v) is 18.1. The Morgan fingerprint density at radius 3 is 2.60 bits per heavy atom. The van der Waals surface area contributed by atoms with E-state index in [0.717, 1.165) is 28.5 Å². The van der Waals surface area contributed by atoms with Crippen LogP contribution in [0.25, 0.3) is 10.9 Å². The average Bonchev–Trinajstić information content (AvgIpc) is 3.16. The van der Waals surface area contributed by atoms with Gasteiger partial charge in [-0.25, -0.2) is 4.79 Å². The number of para-hydroxylation sites is 1. The molecule has 0 saturated heterocycles. The van der Waals surface area contributed by atoms with Gasteiger partial charge < -0.3 is 20.9 Å². The predicted molar refractivity (Wildman–Crippen MR) is 121 cm³/mol. The number of carbonyl (C=O) groups is 2. The lowest BCUT2D eigenvalue weighted by Gasteiger charge is -2.20. The lowest BCUT2D eigenvalue weighted by Crippen LogP contribution is -2.43. The van der Waals surface area contributed by atoms with Gasteiger partial charge in [-0.05, 0) is 35.7 Å². The van der Waals surface area contributed by atoms with Crippen LogP contribution in [-0.4, -0.2) is 36.6 Å².